The lowest BCUT2D eigenvalue weighted by Crippen LogP contribution is -2.57. The normalized spacial score (nSPS) is 40.6. The van der Waals surface area contributed by atoms with Crippen molar-refractivity contribution in [2.24, 2.45) is 23.7 Å². The van der Waals surface area contributed by atoms with E-state index in [2.05, 4.69) is 31.3 Å². The summed E-state index contributed by atoms with van der Waals surface area (Å²) in [6.07, 6.45) is 7.61. The van der Waals surface area contributed by atoms with Crippen LogP contribution in [0.5, 0.6) is 0 Å². The van der Waals surface area contributed by atoms with Crippen LogP contribution in [0.2, 0.25) is 0 Å². The molecule has 0 aromatic carbocycles. The molecule has 6 heteroatoms. The molecule has 2 heterocycles. The summed E-state index contributed by atoms with van der Waals surface area (Å²) in [6, 6.07) is 0.187. The van der Waals surface area contributed by atoms with E-state index in [0.717, 1.165) is 25.7 Å². The number of hydrogen-bond acceptors (Lipinski definition) is 3. The third kappa shape index (κ3) is 2.41. The molecule has 25 heavy (non-hydrogen) atoms. The SMILES string of the molecule is CC(NC(=O)N1C(C)CCCC1C)N1C(=O)C2C3C=CC(C3)C2C1=O. The van der Waals surface area contributed by atoms with Crippen LogP contribution < -0.4 is 5.32 Å². The molecule has 7 unspecified atom stereocenters. The first-order valence-corrected chi connectivity index (χ1v) is 9.54. The van der Waals surface area contributed by atoms with Crippen LogP contribution in [0.25, 0.3) is 0 Å². The third-order valence-corrected chi connectivity index (χ3v) is 6.65. The molecule has 2 saturated heterocycles. The lowest BCUT2D eigenvalue weighted by molar-refractivity contribution is -0.143. The van der Waals surface area contributed by atoms with Crippen LogP contribution in [0.15, 0.2) is 12.2 Å². The highest BCUT2D eigenvalue weighted by Gasteiger charge is 2.60. The van der Waals surface area contributed by atoms with Crippen LogP contribution in [0, 0.1) is 23.7 Å². The quantitative estimate of drug-likeness (QED) is 0.615. The van der Waals surface area contributed by atoms with Crippen molar-refractivity contribution in [2.45, 2.75) is 64.7 Å². The molecule has 4 amide bonds. The minimum atomic E-state index is -0.598. The molecule has 0 aromatic rings. The number of allylic oxidation sites excluding steroid dienone is 2. The molecule has 0 radical (unpaired) electrons. The average molecular weight is 345 g/mol. The fourth-order valence-corrected chi connectivity index (χ4v) is 5.45. The van der Waals surface area contributed by atoms with E-state index in [-0.39, 0.29) is 53.6 Å². The topological polar surface area (TPSA) is 69.7 Å². The van der Waals surface area contributed by atoms with Crippen LogP contribution in [0.4, 0.5) is 4.79 Å². The molecular weight excluding hydrogens is 318 g/mol. The number of imide groups is 1. The number of carbonyl (C=O) groups is 3. The van der Waals surface area contributed by atoms with Gasteiger partial charge in [0.05, 0.1) is 11.8 Å². The van der Waals surface area contributed by atoms with Crippen LogP contribution in [0.1, 0.15) is 46.5 Å². The zero-order valence-electron chi connectivity index (χ0n) is 15.1. The summed E-state index contributed by atoms with van der Waals surface area (Å²) < 4.78 is 0. The maximum atomic E-state index is 12.8. The Bertz CT molecular complexity index is 606. The minimum Gasteiger partial charge on any atom is -0.319 e. The molecule has 2 aliphatic carbocycles. The summed E-state index contributed by atoms with van der Waals surface area (Å²) in [5.74, 6) is -0.258. The van der Waals surface area contributed by atoms with Crippen LogP contribution >= 0.6 is 0 Å². The zero-order valence-corrected chi connectivity index (χ0v) is 15.1. The van der Waals surface area contributed by atoms with Crippen LogP contribution in [-0.4, -0.2) is 45.9 Å². The molecule has 136 valence electrons. The van der Waals surface area contributed by atoms with Crippen LogP contribution in [0.3, 0.4) is 0 Å². The number of fused-ring (bicyclic) bond motifs is 5. The van der Waals surface area contributed by atoms with Gasteiger partial charge < -0.3 is 10.2 Å². The number of nitrogens with one attached hydrogen (secondary N) is 1. The molecule has 2 bridgehead atoms. The predicted octanol–water partition coefficient (Wildman–Crippen LogP) is 2.11. The molecule has 4 rings (SSSR count). The zero-order chi connectivity index (χ0) is 17.9. The number of amides is 4. The van der Waals surface area contributed by atoms with Gasteiger partial charge in [0.1, 0.15) is 6.17 Å². The van der Waals surface area contributed by atoms with Crippen molar-refractivity contribution in [1.82, 2.24) is 15.1 Å². The van der Waals surface area contributed by atoms with E-state index in [1.807, 2.05) is 4.90 Å². The molecule has 0 aromatic heterocycles. The second-order valence-electron chi connectivity index (χ2n) is 8.21. The van der Waals surface area contributed by atoms with Gasteiger partial charge in [0.2, 0.25) is 11.8 Å². The lowest BCUT2D eigenvalue weighted by Gasteiger charge is -2.40. The average Bonchev–Trinajstić information content (AvgIpc) is 3.21. The fourth-order valence-electron chi connectivity index (χ4n) is 5.45. The van der Waals surface area contributed by atoms with Gasteiger partial charge in [0.25, 0.3) is 0 Å². The number of carbonyl (C=O) groups excluding carboxylic acids is 3. The van der Waals surface area contributed by atoms with Gasteiger partial charge in [0, 0.05) is 12.1 Å². The molecular formula is C19H27N3O3. The Morgan fingerprint density at radius 3 is 2.12 bits per heavy atom. The first-order chi connectivity index (χ1) is 11.9. The van der Waals surface area contributed by atoms with E-state index in [1.165, 1.54) is 4.90 Å². The monoisotopic (exact) mass is 345 g/mol. The van der Waals surface area contributed by atoms with Gasteiger partial charge in [-0.1, -0.05) is 12.2 Å². The van der Waals surface area contributed by atoms with Gasteiger partial charge in [0.15, 0.2) is 0 Å². The molecule has 3 fully saturated rings. The number of piperidine rings is 1. The molecule has 0 spiro atoms. The van der Waals surface area contributed by atoms with Crippen molar-refractivity contribution in [1.29, 1.82) is 0 Å². The minimum absolute atomic E-state index is 0.112. The van der Waals surface area contributed by atoms with Crippen molar-refractivity contribution >= 4 is 17.8 Å². The summed E-state index contributed by atoms with van der Waals surface area (Å²) in [4.78, 5) is 41.5. The van der Waals surface area contributed by atoms with E-state index in [9.17, 15) is 14.4 Å². The second kappa shape index (κ2) is 5.85. The van der Waals surface area contributed by atoms with E-state index < -0.39 is 6.17 Å². The molecule has 1 saturated carbocycles. The Kier molecular flexibility index (Phi) is 3.89. The van der Waals surface area contributed by atoms with Crippen molar-refractivity contribution in [3.05, 3.63) is 12.2 Å². The van der Waals surface area contributed by atoms with E-state index in [4.69, 9.17) is 0 Å². The lowest BCUT2D eigenvalue weighted by atomic mass is 9.85. The Morgan fingerprint density at radius 1 is 1.08 bits per heavy atom. The van der Waals surface area contributed by atoms with Crippen molar-refractivity contribution in [3.63, 3.8) is 0 Å². The number of rotatable bonds is 2. The van der Waals surface area contributed by atoms with Gasteiger partial charge in [-0.3, -0.25) is 14.5 Å². The molecule has 4 aliphatic rings. The highest BCUT2D eigenvalue weighted by Crippen LogP contribution is 2.52. The highest BCUT2D eigenvalue weighted by molar-refractivity contribution is 6.06. The maximum absolute atomic E-state index is 12.8. The van der Waals surface area contributed by atoms with Crippen molar-refractivity contribution < 1.29 is 14.4 Å². The standard InChI is InChI=1S/C19H27N3O3/c1-10-5-4-6-11(2)21(10)19(25)20-12(3)22-17(23)15-13-7-8-14(9-13)16(15)18(22)24/h7-8,10-16H,4-6,9H2,1-3H3,(H,20,25). The second-order valence-corrected chi connectivity index (χ2v) is 8.21. The Hall–Kier alpha value is -1.85. The third-order valence-electron chi connectivity index (χ3n) is 6.65. The predicted molar refractivity (Wildman–Crippen MR) is 92.2 cm³/mol. The molecule has 7 atom stereocenters. The Balaban J connectivity index is 1.46. The number of hydrogen-bond donors (Lipinski definition) is 1. The molecule has 6 nitrogen and oxygen atoms in total. The van der Waals surface area contributed by atoms with Crippen LogP contribution in [-0.2, 0) is 9.59 Å². The van der Waals surface area contributed by atoms with E-state index in [1.54, 1.807) is 6.92 Å². The summed E-state index contributed by atoms with van der Waals surface area (Å²) in [5, 5.41) is 2.90. The smallest absolute Gasteiger partial charge is 0.319 e. The van der Waals surface area contributed by atoms with Gasteiger partial charge in [-0.25, -0.2) is 4.79 Å². The number of likely N-dealkylation sites (tertiary alicyclic amines) is 2. The first-order valence-electron chi connectivity index (χ1n) is 9.54. The summed E-state index contributed by atoms with van der Waals surface area (Å²) in [5.41, 5.74) is 0. The van der Waals surface area contributed by atoms with Gasteiger partial charge in [-0.05, 0) is 58.3 Å². The molecule has 2 aliphatic heterocycles. The van der Waals surface area contributed by atoms with E-state index >= 15 is 0 Å². The van der Waals surface area contributed by atoms with Crippen molar-refractivity contribution in [3.8, 4) is 0 Å². The van der Waals surface area contributed by atoms with Crippen molar-refractivity contribution in [2.75, 3.05) is 0 Å². The van der Waals surface area contributed by atoms with Gasteiger partial charge in [-0.2, -0.15) is 0 Å². The number of nitrogens with zero attached hydrogens (tertiary/aromatic N) is 2. The highest BCUT2D eigenvalue weighted by atomic mass is 16.2. The first kappa shape index (κ1) is 16.6. The maximum Gasteiger partial charge on any atom is 0.319 e. The van der Waals surface area contributed by atoms with E-state index in [0.29, 0.717) is 0 Å². The summed E-state index contributed by atoms with van der Waals surface area (Å²) >= 11 is 0. The van der Waals surface area contributed by atoms with Gasteiger partial charge in [-0.15, -0.1) is 0 Å². The molecule has 1 N–H and O–H groups in total. The largest absolute Gasteiger partial charge is 0.319 e. The summed E-state index contributed by atoms with van der Waals surface area (Å²) in [7, 11) is 0. The van der Waals surface area contributed by atoms with Gasteiger partial charge >= 0.3 is 6.03 Å². The fraction of sp³-hybridized carbons (Fsp3) is 0.737. The number of urea groups is 1. The Labute approximate surface area is 148 Å². The summed E-state index contributed by atoms with van der Waals surface area (Å²) in [6.45, 7) is 5.85. The Morgan fingerprint density at radius 2 is 1.60 bits per heavy atom.